The zero-order valence-corrected chi connectivity index (χ0v) is 11.6. The Morgan fingerprint density at radius 1 is 0.950 bits per heavy atom. The summed E-state index contributed by atoms with van der Waals surface area (Å²) in [4.78, 5) is 9.21. The topological polar surface area (TPSA) is 45.4 Å². The predicted octanol–water partition coefficient (Wildman–Crippen LogP) is 1.99. The number of para-hydroxylation sites is 1. The summed E-state index contributed by atoms with van der Waals surface area (Å²) in [7, 11) is 0. The average Bonchev–Trinajstić information content (AvgIpc) is 2.51. The largest absolute Gasteiger partial charge is 0.397 e. The van der Waals surface area contributed by atoms with Gasteiger partial charge in [0.05, 0.1) is 11.4 Å². The van der Waals surface area contributed by atoms with Gasteiger partial charge in [0.15, 0.2) is 0 Å². The van der Waals surface area contributed by atoms with Gasteiger partial charge >= 0.3 is 0 Å². The van der Waals surface area contributed by atoms with Crippen LogP contribution in [0.3, 0.4) is 0 Å². The lowest BCUT2D eigenvalue weighted by Gasteiger charge is -2.36. The van der Waals surface area contributed by atoms with Gasteiger partial charge in [-0.2, -0.15) is 0 Å². The standard InChI is InChI=1S/C16H20N4/c17-15-7-4-8-18-16(15)13-19-9-11-20(12-10-19)14-5-2-1-3-6-14/h1-8H,9-13,17H2. The molecule has 1 aliphatic rings. The molecule has 1 aromatic heterocycles. The van der Waals surface area contributed by atoms with Crippen molar-refractivity contribution < 1.29 is 0 Å². The molecule has 1 saturated heterocycles. The first-order valence-corrected chi connectivity index (χ1v) is 7.04. The van der Waals surface area contributed by atoms with E-state index < -0.39 is 0 Å². The monoisotopic (exact) mass is 268 g/mol. The molecule has 4 heteroatoms. The fourth-order valence-electron chi connectivity index (χ4n) is 2.60. The van der Waals surface area contributed by atoms with E-state index in [1.807, 2.05) is 18.3 Å². The van der Waals surface area contributed by atoms with Crippen molar-refractivity contribution in [1.29, 1.82) is 0 Å². The van der Waals surface area contributed by atoms with Gasteiger partial charge in [0.1, 0.15) is 0 Å². The lowest BCUT2D eigenvalue weighted by molar-refractivity contribution is 0.247. The molecule has 2 aromatic rings. The normalized spacial score (nSPS) is 16.3. The van der Waals surface area contributed by atoms with Crippen molar-refractivity contribution in [3.63, 3.8) is 0 Å². The first-order chi connectivity index (χ1) is 9.83. The van der Waals surface area contributed by atoms with Gasteiger partial charge in [-0.1, -0.05) is 18.2 Å². The summed E-state index contributed by atoms with van der Waals surface area (Å²) in [6.07, 6.45) is 1.81. The number of hydrogen-bond acceptors (Lipinski definition) is 4. The summed E-state index contributed by atoms with van der Waals surface area (Å²) in [5.41, 5.74) is 9.04. The smallest absolute Gasteiger partial charge is 0.0772 e. The van der Waals surface area contributed by atoms with E-state index in [4.69, 9.17) is 5.73 Å². The van der Waals surface area contributed by atoms with Gasteiger partial charge in [-0.3, -0.25) is 9.88 Å². The fraction of sp³-hybridized carbons (Fsp3) is 0.312. The Morgan fingerprint density at radius 2 is 1.70 bits per heavy atom. The minimum Gasteiger partial charge on any atom is -0.397 e. The second-order valence-corrected chi connectivity index (χ2v) is 5.14. The van der Waals surface area contributed by atoms with E-state index in [-0.39, 0.29) is 0 Å². The molecule has 0 amide bonds. The van der Waals surface area contributed by atoms with Crippen molar-refractivity contribution in [2.24, 2.45) is 0 Å². The van der Waals surface area contributed by atoms with E-state index in [0.29, 0.717) is 0 Å². The van der Waals surface area contributed by atoms with Crippen LogP contribution in [-0.4, -0.2) is 36.1 Å². The van der Waals surface area contributed by atoms with Crippen LogP contribution in [0.2, 0.25) is 0 Å². The molecule has 1 fully saturated rings. The van der Waals surface area contributed by atoms with Crippen molar-refractivity contribution in [1.82, 2.24) is 9.88 Å². The molecule has 1 aliphatic heterocycles. The van der Waals surface area contributed by atoms with Crippen molar-refractivity contribution in [3.05, 3.63) is 54.4 Å². The van der Waals surface area contributed by atoms with Crippen LogP contribution in [0.25, 0.3) is 0 Å². The van der Waals surface area contributed by atoms with Crippen LogP contribution in [0.5, 0.6) is 0 Å². The van der Waals surface area contributed by atoms with E-state index in [9.17, 15) is 0 Å². The Kier molecular flexibility index (Phi) is 3.83. The maximum Gasteiger partial charge on any atom is 0.0772 e. The highest BCUT2D eigenvalue weighted by atomic mass is 15.3. The minimum absolute atomic E-state index is 0.790. The van der Waals surface area contributed by atoms with Crippen molar-refractivity contribution in [2.75, 3.05) is 36.8 Å². The number of pyridine rings is 1. The summed E-state index contributed by atoms with van der Waals surface area (Å²) >= 11 is 0. The number of anilines is 2. The van der Waals surface area contributed by atoms with E-state index >= 15 is 0 Å². The highest BCUT2D eigenvalue weighted by Gasteiger charge is 2.18. The molecule has 20 heavy (non-hydrogen) atoms. The van der Waals surface area contributed by atoms with Gasteiger partial charge < -0.3 is 10.6 Å². The zero-order chi connectivity index (χ0) is 13.8. The quantitative estimate of drug-likeness (QED) is 0.924. The van der Waals surface area contributed by atoms with Gasteiger partial charge in [-0.15, -0.1) is 0 Å². The third kappa shape index (κ3) is 2.91. The van der Waals surface area contributed by atoms with Crippen LogP contribution in [0, 0.1) is 0 Å². The summed E-state index contributed by atoms with van der Waals surface area (Å²) in [6, 6.07) is 14.4. The molecule has 4 nitrogen and oxygen atoms in total. The second-order valence-electron chi connectivity index (χ2n) is 5.14. The van der Waals surface area contributed by atoms with E-state index in [0.717, 1.165) is 44.1 Å². The Balaban J connectivity index is 1.58. The zero-order valence-electron chi connectivity index (χ0n) is 11.6. The molecule has 0 atom stereocenters. The number of nitrogen functional groups attached to an aromatic ring is 1. The molecule has 2 heterocycles. The first-order valence-electron chi connectivity index (χ1n) is 7.04. The molecule has 0 saturated carbocycles. The number of benzene rings is 1. The third-order valence-electron chi connectivity index (χ3n) is 3.79. The van der Waals surface area contributed by atoms with Crippen molar-refractivity contribution in [3.8, 4) is 0 Å². The highest BCUT2D eigenvalue weighted by Crippen LogP contribution is 2.17. The Hall–Kier alpha value is -2.07. The highest BCUT2D eigenvalue weighted by molar-refractivity contribution is 5.46. The number of piperazine rings is 1. The van der Waals surface area contributed by atoms with Crippen molar-refractivity contribution >= 4 is 11.4 Å². The number of aromatic nitrogens is 1. The molecule has 0 spiro atoms. The Morgan fingerprint density at radius 3 is 2.40 bits per heavy atom. The molecular formula is C16H20N4. The molecule has 0 radical (unpaired) electrons. The van der Waals surface area contributed by atoms with Crippen LogP contribution in [0.4, 0.5) is 11.4 Å². The van der Waals surface area contributed by atoms with Crippen LogP contribution in [0.15, 0.2) is 48.7 Å². The van der Waals surface area contributed by atoms with Crippen LogP contribution < -0.4 is 10.6 Å². The third-order valence-corrected chi connectivity index (χ3v) is 3.79. The summed E-state index contributed by atoms with van der Waals surface area (Å²) in [5, 5.41) is 0. The second kappa shape index (κ2) is 5.92. The molecule has 104 valence electrons. The molecular weight excluding hydrogens is 248 g/mol. The number of nitrogens with two attached hydrogens (primary N) is 1. The van der Waals surface area contributed by atoms with Gasteiger partial charge in [-0.25, -0.2) is 0 Å². The Labute approximate surface area is 119 Å². The number of hydrogen-bond donors (Lipinski definition) is 1. The van der Waals surface area contributed by atoms with E-state index in [1.165, 1.54) is 5.69 Å². The van der Waals surface area contributed by atoms with Gasteiger partial charge in [-0.05, 0) is 24.3 Å². The maximum atomic E-state index is 5.96. The number of rotatable bonds is 3. The maximum absolute atomic E-state index is 5.96. The number of nitrogens with zero attached hydrogens (tertiary/aromatic N) is 3. The van der Waals surface area contributed by atoms with E-state index in [1.54, 1.807) is 0 Å². The lowest BCUT2D eigenvalue weighted by atomic mass is 10.2. The molecule has 0 aliphatic carbocycles. The molecule has 1 aromatic carbocycles. The van der Waals surface area contributed by atoms with Gasteiger partial charge in [0.25, 0.3) is 0 Å². The predicted molar refractivity (Wildman–Crippen MR) is 82.6 cm³/mol. The average molecular weight is 268 g/mol. The molecule has 0 bridgehead atoms. The van der Waals surface area contributed by atoms with Crippen LogP contribution >= 0.6 is 0 Å². The van der Waals surface area contributed by atoms with Crippen LogP contribution in [0.1, 0.15) is 5.69 Å². The summed E-state index contributed by atoms with van der Waals surface area (Å²) < 4.78 is 0. The van der Waals surface area contributed by atoms with Gasteiger partial charge in [0.2, 0.25) is 0 Å². The van der Waals surface area contributed by atoms with Crippen LogP contribution in [-0.2, 0) is 6.54 Å². The summed E-state index contributed by atoms with van der Waals surface area (Å²) in [5.74, 6) is 0. The molecule has 3 rings (SSSR count). The summed E-state index contributed by atoms with van der Waals surface area (Å²) in [6.45, 7) is 5.04. The van der Waals surface area contributed by atoms with Gasteiger partial charge in [0, 0.05) is 44.6 Å². The lowest BCUT2D eigenvalue weighted by Crippen LogP contribution is -2.46. The fourth-order valence-corrected chi connectivity index (χ4v) is 2.60. The minimum atomic E-state index is 0.790. The Bertz CT molecular complexity index is 547. The van der Waals surface area contributed by atoms with Crippen molar-refractivity contribution in [2.45, 2.75) is 6.54 Å². The van der Waals surface area contributed by atoms with E-state index in [2.05, 4.69) is 45.1 Å². The molecule has 2 N–H and O–H groups in total. The SMILES string of the molecule is Nc1cccnc1CN1CCN(c2ccccc2)CC1. The molecule has 0 unspecified atom stereocenters. The first kappa shape index (κ1) is 12.9.